The molecule has 0 aromatic rings. The van der Waals surface area contributed by atoms with E-state index in [0.717, 1.165) is 31.1 Å². The van der Waals surface area contributed by atoms with Crippen LogP contribution in [-0.4, -0.2) is 33.5 Å². The highest BCUT2D eigenvalue weighted by atomic mass is 16.4. The number of hydrogen-bond acceptors (Lipinski definition) is 3. The summed E-state index contributed by atoms with van der Waals surface area (Å²) < 4.78 is 0. The number of carboxylic acids is 1. The van der Waals surface area contributed by atoms with Crippen molar-refractivity contribution >= 4 is 5.97 Å². The molecule has 4 aliphatic rings. The molecule has 4 saturated carbocycles. The molecule has 0 amide bonds. The Hall–Kier alpha value is -0.610. The van der Waals surface area contributed by atoms with Crippen molar-refractivity contribution in [1.82, 2.24) is 0 Å². The standard InChI is InChI=1S/C24H40O4/c1-14(4-9-22(27)28)17-7-8-18-16-6-5-15-12-20(25)21(26)13-24(15,3)19(16)10-11-23(17,18)2/h14-21,25-26H,4-13H2,1-3H3,(H,27,28)/t14-,15-,16+,17-,18+,19+,20+,21+,23-,24+/m1/s1. The molecule has 4 nitrogen and oxygen atoms in total. The van der Waals surface area contributed by atoms with E-state index in [4.69, 9.17) is 5.11 Å². The van der Waals surface area contributed by atoms with E-state index in [9.17, 15) is 15.0 Å². The van der Waals surface area contributed by atoms with E-state index >= 15 is 0 Å². The molecule has 0 heterocycles. The van der Waals surface area contributed by atoms with Gasteiger partial charge in [-0.05, 0) is 104 Å². The summed E-state index contributed by atoms with van der Waals surface area (Å²) in [5.41, 5.74) is 0.533. The van der Waals surface area contributed by atoms with Crippen molar-refractivity contribution < 1.29 is 20.1 Å². The molecule has 0 aliphatic heterocycles. The normalized spacial score (nSPS) is 51.7. The second-order valence-corrected chi connectivity index (χ2v) is 11.4. The van der Waals surface area contributed by atoms with Gasteiger partial charge in [0.2, 0.25) is 0 Å². The summed E-state index contributed by atoms with van der Waals surface area (Å²) in [6, 6.07) is 0. The third kappa shape index (κ3) is 3.14. The number of aliphatic hydroxyl groups excluding tert-OH is 2. The first-order valence-corrected chi connectivity index (χ1v) is 11.7. The van der Waals surface area contributed by atoms with Gasteiger partial charge in [0, 0.05) is 6.42 Å². The van der Waals surface area contributed by atoms with Crippen molar-refractivity contribution in [1.29, 1.82) is 0 Å². The number of fused-ring (bicyclic) bond motifs is 5. The van der Waals surface area contributed by atoms with Crippen LogP contribution in [0.15, 0.2) is 0 Å². The fraction of sp³-hybridized carbons (Fsp3) is 0.958. The SMILES string of the molecule is C[C@H](CCC(=O)O)[C@H]1CC[C@H]2[C@@H]3CC[C@@H]4C[C@H](O)[C@@H](O)C[C@]4(C)[C@H]3CC[C@]12C. The Balaban J connectivity index is 1.52. The van der Waals surface area contributed by atoms with Gasteiger partial charge in [-0.3, -0.25) is 4.79 Å². The van der Waals surface area contributed by atoms with Crippen molar-refractivity contribution in [3.8, 4) is 0 Å². The molecule has 4 heteroatoms. The summed E-state index contributed by atoms with van der Waals surface area (Å²) in [5.74, 6) is 3.22. The molecular weight excluding hydrogens is 352 g/mol. The zero-order valence-corrected chi connectivity index (χ0v) is 17.9. The molecule has 10 atom stereocenters. The van der Waals surface area contributed by atoms with E-state index < -0.39 is 18.2 Å². The largest absolute Gasteiger partial charge is 0.481 e. The second-order valence-electron chi connectivity index (χ2n) is 11.4. The Kier molecular flexibility index (Phi) is 5.36. The van der Waals surface area contributed by atoms with Crippen LogP contribution in [0.4, 0.5) is 0 Å². The number of aliphatic hydroxyl groups is 2. The first-order chi connectivity index (χ1) is 13.2. The van der Waals surface area contributed by atoms with Gasteiger partial charge >= 0.3 is 5.97 Å². The summed E-state index contributed by atoms with van der Waals surface area (Å²) >= 11 is 0. The number of hydrogen-bond donors (Lipinski definition) is 3. The zero-order chi connectivity index (χ0) is 20.3. The van der Waals surface area contributed by atoms with Crippen LogP contribution >= 0.6 is 0 Å². The van der Waals surface area contributed by atoms with Crippen molar-refractivity contribution in [3.63, 3.8) is 0 Å². The van der Waals surface area contributed by atoms with Gasteiger partial charge in [0.05, 0.1) is 12.2 Å². The zero-order valence-electron chi connectivity index (χ0n) is 17.9. The van der Waals surface area contributed by atoms with Crippen LogP contribution in [0.5, 0.6) is 0 Å². The van der Waals surface area contributed by atoms with Crippen LogP contribution < -0.4 is 0 Å². The maximum absolute atomic E-state index is 11.0. The molecule has 0 saturated heterocycles. The van der Waals surface area contributed by atoms with Gasteiger partial charge in [0.15, 0.2) is 0 Å². The van der Waals surface area contributed by atoms with Gasteiger partial charge in [-0.2, -0.15) is 0 Å². The van der Waals surface area contributed by atoms with E-state index in [2.05, 4.69) is 20.8 Å². The lowest BCUT2D eigenvalue weighted by molar-refractivity contribution is -0.160. The third-order valence-electron chi connectivity index (χ3n) is 10.3. The van der Waals surface area contributed by atoms with Crippen LogP contribution in [0.2, 0.25) is 0 Å². The lowest BCUT2D eigenvalue weighted by Gasteiger charge is -2.61. The molecule has 3 N–H and O–H groups in total. The van der Waals surface area contributed by atoms with Gasteiger partial charge < -0.3 is 15.3 Å². The summed E-state index contributed by atoms with van der Waals surface area (Å²) in [4.78, 5) is 11.0. The molecule has 4 aliphatic carbocycles. The summed E-state index contributed by atoms with van der Waals surface area (Å²) in [6.07, 6.45) is 9.09. The maximum atomic E-state index is 11.0. The fourth-order valence-electron chi connectivity index (χ4n) is 8.80. The first-order valence-electron chi connectivity index (χ1n) is 11.7. The first kappa shape index (κ1) is 20.7. The summed E-state index contributed by atoms with van der Waals surface area (Å²) in [5, 5.41) is 29.7. The molecule has 0 unspecified atom stereocenters. The minimum atomic E-state index is -0.667. The van der Waals surface area contributed by atoms with Crippen LogP contribution in [0.25, 0.3) is 0 Å². The quantitative estimate of drug-likeness (QED) is 0.659. The molecule has 0 spiro atoms. The highest BCUT2D eigenvalue weighted by Gasteiger charge is 2.61. The Morgan fingerprint density at radius 3 is 2.43 bits per heavy atom. The Bertz CT molecular complexity index is 605. The number of carboxylic acid groups (broad SMARTS) is 1. The maximum Gasteiger partial charge on any atom is 0.303 e. The highest BCUT2D eigenvalue weighted by Crippen LogP contribution is 2.68. The molecule has 0 aromatic heterocycles. The molecule has 0 radical (unpaired) electrons. The predicted molar refractivity (Wildman–Crippen MR) is 109 cm³/mol. The van der Waals surface area contributed by atoms with Gasteiger partial charge in [-0.1, -0.05) is 20.8 Å². The highest BCUT2D eigenvalue weighted by molar-refractivity contribution is 5.66. The molecule has 28 heavy (non-hydrogen) atoms. The summed E-state index contributed by atoms with van der Waals surface area (Å²) in [6.45, 7) is 7.20. The number of aliphatic carboxylic acids is 1. The smallest absolute Gasteiger partial charge is 0.303 e. The molecule has 4 rings (SSSR count). The predicted octanol–water partition coefficient (Wildman–Crippen LogP) is 4.48. The van der Waals surface area contributed by atoms with E-state index in [1.807, 2.05) is 0 Å². The average Bonchev–Trinajstić information content (AvgIpc) is 2.98. The van der Waals surface area contributed by atoms with E-state index in [1.165, 1.54) is 38.5 Å². The van der Waals surface area contributed by atoms with Crippen molar-refractivity contribution in [3.05, 3.63) is 0 Å². The molecular formula is C24H40O4. The lowest BCUT2D eigenvalue weighted by atomic mass is 9.44. The van der Waals surface area contributed by atoms with Gasteiger partial charge in [0.25, 0.3) is 0 Å². The fourth-order valence-corrected chi connectivity index (χ4v) is 8.80. The monoisotopic (exact) mass is 392 g/mol. The van der Waals surface area contributed by atoms with E-state index in [0.29, 0.717) is 35.5 Å². The Labute approximate surface area is 170 Å². The van der Waals surface area contributed by atoms with Crippen molar-refractivity contribution in [2.24, 2.45) is 46.3 Å². The molecule has 160 valence electrons. The number of rotatable bonds is 4. The molecule has 4 fully saturated rings. The van der Waals surface area contributed by atoms with Crippen LogP contribution in [0, 0.1) is 46.3 Å². The van der Waals surface area contributed by atoms with Crippen LogP contribution in [-0.2, 0) is 4.79 Å². The third-order valence-corrected chi connectivity index (χ3v) is 10.3. The van der Waals surface area contributed by atoms with E-state index in [1.54, 1.807) is 0 Å². The van der Waals surface area contributed by atoms with Crippen molar-refractivity contribution in [2.45, 2.75) is 97.2 Å². The van der Waals surface area contributed by atoms with Gasteiger partial charge in [0.1, 0.15) is 0 Å². The lowest BCUT2D eigenvalue weighted by Crippen LogP contribution is -2.56. The Morgan fingerprint density at radius 2 is 1.71 bits per heavy atom. The second kappa shape index (κ2) is 7.27. The average molecular weight is 393 g/mol. The Morgan fingerprint density at radius 1 is 1.00 bits per heavy atom. The topological polar surface area (TPSA) is 77.8 Å². The van der Waals surface area contributed by atoms with Gasteiger partial charge in [-0.15, -0.1) is 0 Å². The van der Waals surface area contributed by atoms with E-state index in [-0.39, 0.29) is 5.41 Å². The molecule has 0 bridgehead atoms. The molecule has 0 aromatic carbocycles. The van der Waals surface area contributed by atoms with Crippen LogP contribution in [0.1, 0.15) is 85.0 Å². The van der Waals surface area contributed by atoms with Crippen LogP contribution in [0.3, 0.4) is 0 Å². The minimum Gasteiger partial charge on any atom is -0.481 e. The van der Waals surface area contributed by atoms with Crippen molar-refractivity contribution in [2.75, 3.05) is 0 Å². The van der Waals surface area contributed by atoms with Gasteiger partial charge in [-0.25, -0.2) is 0 Å². The summed E-state index contributed by atoms with van der Waals surface area (Å²) in [7, 11) is 0. The number of carbonyl (C=O) groups is 1. The minimum absolute atomic E-state index is 0.176.